The number of piperidine rings is 1. The number of amides is 1. The highest BCUT2D eigenvalue weighted by Gasteiger charge is 2.31. The normalized spacial score (nSPS) is 15.9. The largest absolute Gasteiger partial charge is 0.573 e. The molecular weight excluding hydrogens is 412 g/mol. The van der Waals surface area contributed by atoms with Crippen molar-refractivity contribution in [3.8, 4) is 5.75 Å². The quantitative estimate of drug-likeness (QED) is 0.660. The maximum Gasteiger partial charge on any atom is 0.573 e. The number of benzene rings is 2. The summed E-state index contributed by atoms with van der Waals surface area (Å²) in [5.74, 6) is -1.10. The fraction of sp³-hybridized carbons (Fsp3) is 0.350. The molecule has 29 heavy (non-hydrogen) atoms. The van der Waals surface area contributed by atoms with Crippen molar-refractivity contribution in [1.82, 2.24) is 4.90 Å². The summed E-state index contributed by atoms with van der Waals surface area (Å²) in [6.07, 6.45) is -3.54. The summed E-state index contributed by atoms with van der Waals surface area (Å²) < 4.78 is 54.3. The molecule has 0 atom stereocenters. The Labute approximate surface area is 170 Å². The van der Waals surface area contributed by atoms with Crippen molar-refractivity contribution < 1.29 is 27.1 Å². The van der Waals surface area contributed by atoms with E-state index in [0.717, 1.165) is 12.1 Å². The second kappa shape index (κ2) is 9.00. The summed E-state index contributed by atoms with van der Waals surface area (Å²) in [7, 11) is 0. The number of halogens is 5. The zero-order valence-corrected chi connectivity index (χ0v) is 16.1. The predicted molar refractivity (Wildman–Crippen MR) is 101 cm³/mol. The molecule has 0 saturated carbocycles. The van der Waals surface area contributed by atoms with Gasteiger partial charge in [-0.05, 0) is 62.3 Å². The van der Waals surface area contributed by atoms with Gasteiger partial charge < -0.3 is 10.1 Å². The van der Waals surface area contributed by atoms with E-state index >= 15 is 0 Å². The van der Waals surface area contributed by atoms with E-state index < -0.39 is 6.36 Å². The van der Waals surface area contributed by atoms with E-state index in [2.05, 4.69) is 15.0 Å². The summed E-state index contributed by atoms with van der Waals surface area (Å²) in [6.45, 7) is 1.72. The second-order valence-electron chi connectivity index (χ2n) is 6.85. The first kappa shape index (κ1) is 21.4. The van der Waals surface area contributed by atoms with E-state index in [9.17, 15) is 22.4 Å². The van der Waals surface area contributed by atoms with Crippen LogP contribution in [0.25, 0.3) is 0 Å². The fourth-order valence-corrected chi connectivity index (χ4v) is 3.39. The van der Waals surface area contributed by atoms with Crippen LogP contribution in [0.15, 0.2) is 42.5 Å². The Hall–Kier alpha value is -2.32. The lowest BCUT2D eigenvalue weighted by molar-refractivity contribution is -0.274. The van der Waals surface area contributed by atoms with Crippen LogP contribution in [0.1, 0.15) is 18.4 Å². The van der Waals surface area contributed by atoms with E-state index in [4.69, 9.17) is 11.6 Å². The van der Waals surface area contributed by atoms with Crippen molar-refractivity contribution in [2.24, 2.45) is 5.92 Å². The zero-order valence-electron chi connectivity index (χ0n) is 15.3. The Morgan fingerprint density at radius 2 is 1.79 bits per heavy atom. The molecule has 0 spiro atoms. The molecule has 2 aromatic rings. The first-order valence-electron chi connectivity index (χ1n) is 9.02. The van der Waals surface area contributed by atoms with Gasteiger partial charge in [0.1, 0.15) is 11.6 Å². The number of anilines is 1. The van der Waals surface area contributed by atoms with Crippen molar-refractivity contribution >= 4 is 23.2 Å². The van der Waals surface area contributed by atoms with Crippen LogP contribution in [0, 0.1) is 11.7 Å². The van der Waals surface area contributed by atoms with Crippen LogP contribution in [-0.2, 0) is 11.3 Å². The van der Waals surface area contributed by atoms with Crippen molar-refractivity contribution in [3.05, 3.63) is 58.9 Å². The third-order valence-corrected chi connectivity index (χ3v) is 4.96. The topological polar surface area (TPSA) is 41.6 Å². The lowest BCUT2D eigenvalue weighted by Crippen LogP contribution is -2.37. The summed E-state index contributed by atoms with van der Waals surface area (Å²) >= 11 is 5.76. The minimum Gasteiger partial charge on any atom is -0.406 e. The molecule has 9 heteroatoms. The fourth-order valence-electron chi connectivity index (χ4n) is 3.23. The average Bonchev–Trinajstić information content (AvgIpc) is 2.65. The number of nitrogens with zero attached hydrogens (tertiary/aromatic N) is 1. The number of ether oxygens (including phenoxy) is 1. The highest BCUT2D eigenvalue weighted by atomic mass is 35.5. The molecule has 4 nitrogen and oxygen atoms in total. The minimum atomic E-state index is -4.76. The van der Waals surface area contributed by atoms with E-state index in [-0.39, 0.29) is 23.4 Å². The number of rotatable bonds is 5. The van der Waals surface area contributed by atoms with Gasteiger partial charge in [0, 0.05) is 28.7 Å². The molecule has 1 heterocycles. The molecule has 1 aliphatic heterocycles. The smallest absolute Gasteiger partial charge is 0.406 e. The van der Waals surface area contributed by atoms with Crippen molar-refractivity contribution in [2.45, 2.75) is 25.7 Å². The van der Waals surface area contributed by atoms with Gasteiger partial charge in [0.25, 0.3) is 0 Å². The van der Waals surface area contributed by atoms with E-state index in [1.807, 2.05) is 0 Å². The molecule has 0 unspecified atom stereocenters. The molecule has 0 bridgehead atoms. The molecule has 0 aliphatic carbocycles. The number of hydrogen-bond acceptors (Lipinski definition) is 3. The maximum atomic E-state index is 13.9. The van der Waals surface area contributed by atoms with E-state index in [1.54, 1.807) is 12.1 Å². The monoisotopic (exact) mass is 430 g/mol. The van der Waals surface area contributed by atoms with Crippen molar-refractivity contribution in [2.75, 3.05) is 18.4 Å². The summed E-state index contributed by atoms with van der Waals surface area (Å²) in [6, 6.07) is 9.59. The third-order valence-electron chi connectivity index (χ3n) is 4.72. The van der Waals surface area contributed by atoms with Crippen LogP contribution >= 0.6 is 11.6 Å². The maximum absolute atomic E-state index is 13.9. The summed E-state index contributed by atoms with van der Waals surface area (Å²) in [5, 5.41) is 3.06. The summed E-state index contributed by atoms with van der Waals surface area (Å²) in [5.41, 5.74) is 0.952. The molecule has 0 radical (unpaired) electrons. The van der Waals surface area contributed by atoms with Crippen molar-refractivity contribution in [3.63, 3.8) is 0 Å². The van der Waals surface area contributed by atoms with Crippen LogP contribution in [0.5, 0.6) is 5.75 Å². The molecule has 1 amide bonds. The van der Waals surface area contributed by atoms with Crippen LogP contribution < -0.4 is 10.1 Å². The number of likely N-dealkylation sites (tertiary alicyclic amines) is 1. The lowest BCUT2D eigenvalue weighted by Gasteiger charge is -2.31. The van der Waals surface area contributed by atoms with E-state index in [0.29, 0.717) is 48.7 Å². The zero-order chi connectivity index (χ0) is 21.0. The highest BCUT2D eigenvalue weighted by molar-refractivity contribution is 6.30. The van der Waals surface area contributed by atoms with Gasteiger partial charge in [0.15, 0.2) is 0 Å². The Morgan fingerprint density at radius 3 is 2.38 bits per heavy atom. The van der Waals surface area contributed by atoms with Gasteiger partial charge in [-0.2, -0.15) is 0 Å². The Bertz CT molecular complexity index is 851. The second-order valence-corrected chi connectivity index (χ2v) is 7.28. The molecule has 156 valence electrons. The molecule has 1 aliphatic rings. The standard InChI is InChI=1S/C20H19ClF4N2O2/c21-15-2-1-14(18(22)11-15)12-27-9-7-13(8-10-27)19(28)26-16-3-5-17(6-4-16)29-20(23,24)25/h1-6,11,13H,7-10,12H2,(H,26,28). The molecule has 1 fully saturated rings. The van der Waals surface area contributed by atoms with Gasteiger partial charge in [-0.1, -0.05) is 17.7 Å². The number of carbonyl (C=O) groups excluding carboxylic acids is 1. The van der Waals surface area contributed by atoms with Gasteiger partial charge in [0.05, 0.1) is 0 Å². The first-order valence-corrected chi connectivity index (χ1v) is 9.40. The average molecular weight is 431 g/mol. The molecule has 3 rings (SSSR count). The molecule has 1 N–H and O–H groups in total. The molecular formula is C20H19ClF4N2O2. The lowest BCUT2D eigenvalue weighted by atomic mass is 9.95. The number of alkyl halides is 3. The van der Waals surface area contributed by atoms with Gasteiger partial charge in [0.2, 0.25) is 5.91 Å². The SMILES string of the molecule is O=C(Nc1ccc(OC(F)(F)F)cc1)C1CCN(Cc2ccc(Cl)cc2F)CC1. The van der Waals surface area contributed by atoms with Gasteiger partial charge >= 0.3 is 6.36 Å². The van der Waals surface area contributed by atoms with Gasteiger partial charge in [-0.25, -0.2) is 4.39 Å². The van der Waals surface area contributed by atoms with Gasteiger partial charge in [-0.3, -0.25) is 9.69 Å². The van der Waals surface area contributed by atoms with Crippen LogP contribution in [0.3, 0.4) is 0 Å². The van der Waals surface area contributed by atoms with Crippen molar-refractivity contribution in [1.29, 1.82) is 0 Å². The Balaban J connectivity index is 1.48. The number of nitrogens with one attached hydrogen (secondary N) is 1. The molecule has 2 aromatic carbocycles. The third kappa shape index (κ3) is 6.33. The summed E-state index contributed by atoms with van der Waals surface area (Å²) in [4.78, 5) is 14.5. The van der Waals surface area contributed by atoms with Crippen LogP contribution in [-0.4, -0.2) is 30.3 Å². The number of carbonyl (C=O) groups is 1. The van der Waals surface area contributed by atoms with Crippen LogP contribution in [0.2, 0.25) is 5.02 Å². The highest BCUT2D eigenvalue weighted by Crippen LogP contribution is 2.26. The van der Waals surface area contributed by atoms with Gasteiger partial charge in [-0.15, -0.1) is 13.2 Å². The van der Waals surface area contributed by atoms with Crippen LogP contribution in [0.4, 0.5) is 23.2 Å². The molecule has 0 aromatic heterocycles. The Kier molecular flexibility index (Phi) is 6.64. The minimum absolute atomic E-state index is 0.188. The van der Waals surface area contributed by atoms with E-state index in [1.165, 1.54) is 18.2 Å². The first-order chi connectivity index (χ1) is 13.7. The Morgan fingerprint density at radius 1 is 1.14 bits per heavy atom. The molecule has 1 saturated heterocycles. The number of hydrogen-bond donors (Lipinski definition) is 1. The predicted octanol–water partition coefficient (Wildman–Crippen LogP) is 5.23.